The van der Waals surface area contributed by atoms with E-state index in [2.05, 4.69) is 4.90 Å². The van der Waals surface area contributed by atoms with E-state index in [1.807, 2.05) is 54.6 Å². The fraction of sp³-hybridized carbons (Fsp3) is 0.233. The molecular formula is C30H26ClN3O5S. The highest BCUT2D eigenvalue weighted by Gasteiger charge is 2.35. The van der Waals surface area contributed by atoms with Gasteiger partial charge in [-0.25, -0.2) is 9.79 Å². The molecule has 2 aromatic carbocycles. The lowest BCUT2D eigenvalue weighted by atomic mass is 9.93. The summed E-state index contributed by atoms with van der Waals surface area (Å²) in [4.78, 5) is 34.9. The molecule has 4 aromatic rings. The van der Waals surface area contributed by atoms with Gasteiger partial charge in [-0.3, -0.25) is 9.36 Å². The summed E-state index contributed by atoms with van der Waals surface area (Å²) in [5, 5.41) is 0.551. The first-order valence-electron chi connectivity index (χ1n) is 13.0. The van der Waals surface area contributed by atoms with Crippen LogP contribution < -0.4 is 19.8 Å². The lowest BCUT2D eigenvalue weighted by Gasteiger charge is -2.26. The van der Waals surface area contributed by atoms with E-state index in [-0.39, 0.29) is 12.2 Å². The van der Waals surface area contributed by atoms with Crippen LogP contribution in [0, 0.1) is 0 Å². The van der Waals surface area contributed by atoms with Crippen LogP contribution in [0.3, 0.4) is 0 Å². The molecule has 2 aliphatic heterocycles. The Balaban J connectivity index is 1.54. The largest absolute Gasteiger partial charge is 0.463 e. The minimum atomic E-state index is -0.759. The summed E-state index contributed by atoms with van der Waals surface area (Å²) >= 11 is 7.44. The first-order chi connectivity index (χ1) is 19.5. The number of hydrogen-bond acceptors (Lipinski definition) is 8. The third-order valence-electron chi connectivity index (χ3n) is 6.77. The normalized spacial score (nSPS) is 17.5. The van der Waals surface area contributed by atoms with Gasteiger partial charge in [-0.15, -0.1) is 0 Å². The first-order valence-corrected chi connectivity index (χ1v) is 14.2. The molecule has 0 amide bonds. The maximum absolute atomic E-state index is 14.0. The number of ether oxygens (including phenoxy) is 2. The van der Waals surface area contributed by atoms with E-state index in [4.69, 9.17) is 30.5 Å². The number of rotatable bonds is 6. The van der Waals surface area contributed by atoms with Gasteiger partial charge in [-0.05, 0) is 30.7 Å². The number of benzene rings is 2. The maximum atomic E-state index is 14.0. The average Bonchev–Trinajstić information content (AvgIpc) is 3.58. The second kappa shape index (κ2) is 11.3. The number of thiazole rings is 1. The van der Waals surface area contributed by atoms with E-state index >= 15 is 0 Å². The molecule has 40 heavy (non-hydrogen) atoms. The van der Waals surface area contributed by atoms with Crippen LogP contribution in [0.15, 0.2) is 86.5 Å². The van der Waals surface area contributed by atoms with E-state index in [0.29, 0.717) is 44.6 Å². The van der Waals surface area contributed by atoms with Crippen molar-refractivity contribution in [2.75, 3.05) is 37.8 Å². The van der Waals surface area contributed by atoms with Crippen molar-refractivity contribution in [1.29, 1.82) is 0 Å². The molecule has 1 saturated heterocycles. The SMILES string of the molecule is CCOC(=O)C1=C(c2ccccc2)N=c2s/c(=C/c3ccc(N4CCOCC4)o3)c(=O)n2[C@@H]1c1ccc(Cl)cc1. The van der Waals surface area contributed by atoms with Crippen molar-refractivity contribution in [1.82, 2.24) is 4.57 Å². The quantitative estimate of drug-likeness (QED) is 0.323. The summed E-state index contributed by atoms with van der Waals surface area (Å²) in [7, 11) is 0. The molecule has 1 fully saturated rings. The molecule has 0 bridgehead atoms. The molecule has 2 aromatic heterocycles. The minimum Gasteiger partial charge on any atom is -0.463 e. The van der Waals surface area contributed by atoms with Gasteiger partial charge in [0.15, 0.2) is 10.7 Å². The van der Waals surface area contributed by atoms with E-state index in [0.717, 1.165) is 30.1 Å². The number of nitrogens with zero attached hydrogens (tertiary/aromatic N) is 3. The van der Waals surface area contributed by atoms with Crippen molar-refractivity contribution in [2.45, 2.75) is 13.0 Å². The van der Waals surface area contributed by atoms with Gasteiger partial charge < -0.3 is 18.8 Å². The van der Waals surface area contributed by atoms with Crippen molar-refractivity contribution >= 4 is 46.6 Å². The van der Waals surface area contributed by atoms with Crippen molar-refractivity contribution in [3.63, 3.8) is 0 Å². The van der Waals surface area contributed by atoms with Crippen LogP contribution in [0.2, 0.25) is 5.02 Å². The van der Waals surface area contributed by atoms with Crippen molar-refractivity contribution in [3.8, 4) is 0 Å². The molecule has 0 saturated carbocycles. The number of carbonyl (C=O) groups excluding carboxylic acids is 1. The Bertz CT molecular complexity index is 1750. The summed E-state index contributed by atoms with van der Waals surface area (Å²) in [6.07, 6.45) is 1.73. The number of fused-ring (bicyclic) bond motifs is 1. The number of carbonyl (C=O) groups is 1. The number of furan rings is 1. The molecule has 6 rings (SSSR count). The lowest BCUT2D eigenvalue weighted by Crippen LogP contribution is -2.40. The Morgan fingerprint density at radius 1 is 1.10 bits per heavy atom. The zero-order chi connectivity index (χ0) is 27.6. The highest BCUT2D eigenvalue weighted by atomic mass is 35.5. The number of anilines is 1. The minimum absolute atomic E-state index is 0.187. The molecular weight excluding hydrogens is 550 g/mol. The van der Waals surface area contributed by atoms with Crippen molar-refractivity contribution < 1.29 is 18.7 Å². The van der Waals surface area contributed by atoms with E-state index in [9.17, 15) is 9.59 Å². The monoisotopic (exact) mass is 575 g/mol. The molecule has 0 spiro atoms. The van der Waals surface area contributed by atoms with Crippen LogP contribution in [-0.4, -0.2) is 43.4 Å². The Morgan fingerprint density at radius 3 is 2.58 bits per heavy atom. The molecule has 1 atom stereocenters. The number of hydrogen-bond donors (Lipinski definition) is 0. The van der Waals surface area contributed by atoms with Crippen molar-refractivity contribution in [3.05, 3.63) is 114 Å². The van der Waals surface area contributed by atoms with Gasteiger partial charge in [0.1, 0.15) is 5.76 Å². The van der Waals surface area contributed by atoms with Crippen LogP contribution in [-0.2, 0) is 14.3 Å². The van der Waals surface area contributed by atoms with Crippen LogP contribution in [0.5, 0.6) is 0 Å². The molecule has 10 heteroatoms. The number of esters is 1. The molecule has 4 heterocycles. The molecule has 2 aliphatic rings. The van der Waals surface area contributed by atoms with Crippen LogP contribution >= 0.6 is 22.9 Å². The summed E-state index contributed by atoms with van der Waals surface area (Å²) in [6, 6.07) is 19.6. The molecule has 8 nitrogen and oxygen atoms in total. The van der Waals surface area contributed by atoms with Crippen LogP contribution in [0.25, 0.3) is 11.8 Å². The highest BCUT2D eigenvalue weighted by molar-refractivity contribution is 7.07. The highest BCUT2D eigenvalue weighted by Crippen LogP contribution is 2.35. The van der Waals surface area contributed by atoms with Gasteiger partial charge in [-0.1, -0.05) is 65.4 Å². The Kier molecular flexibility index (Phi) is 7.42. The predicted molar refractivity (Wildman–Crippen MR) is 154 cm³/mol. The van der Waals surface area contributed by atoms with Gasteiger partial charge in [0.05, 0.1) is 41.7 Å². The first kappa shape index (κ1) is 26.3. The summed E-state index contributed by atoms with van der Waals surface area (Å²) in [5.41, 5.74) is 1.96. The van der Waals surface area contributed by atoms with E-state index in [1.54, 1.807) is 29.7 Å². The van der Waals surface area contributed by atoms with Gasteiger partial charge in [0, 0.05) is 35.8 Å². The summed E-state index contributed by atoms with van der Waals surface area (Å²) in [5.74, 6) is 0.764. The predicted octanol–water partition coefficient (Wildman–Crippen LogP) is 4.02. The standard InChI is InChI=1S/C30H26ClN3O5S/c1-2-38-29(36)25-26(19-6-4-3-5-7-19)32-30-34(27(25)20-8-10-21(31)11-9-20)28(35)23(40-30)18-22-12-13-24(39-22)33-14-16-37-17-15-33/h3-13,18,27H,2,14-17H2,1H3/b23-18+/t27-/m1/s1. The van der Waals surface area contributed by atoms with Crippen molar-refractivity contribution in [2.24, 2.45) is 4.99 Å². The number of morpholine rings is 1. The van der Waals surface area contributed by atoms with E-state index in [1.165, 1.54) is 11.3 Å². The molecule has 0 N–H and O–H groups in total. The van der Waals surface area contributed by atoms with Gasteiger partial charge in [0.2, 0.25) is 0 Å². The van der Waals surface area contributed by atoms with Gasteiger partial charge in [-0.2, -0.15) is 0 Å². The second-order valence-corrected chi connectivity index (χ2v) is 10.7. The summed E-state index contributed by atoms with van der Waals surface area (Å²) < 4.78 is 19.0. The van der Waals surface area contributed by atoms with Crippen LogP contribution in [0.1, 0.15) is 29.9 Å². The molecule has 204 valence electrons. The fourth-order valence-electron chi connectivity index (χ4n) is 4.90. The smallest absolute Gasteiger partial charge is 0.338 e. The lowest BCUT2D eigenvalue weighted by molar-refractivity contribution is -0.138. The number of aromatic nitrogens is 1. The Morgan fingerprint density at radius 2 is 1.85 bits per heavy atom. The molecule has 0 radical (unpaired) electrons. The third-order valence-corrected chi connectivity index (χ3v) is 8.00. The molecule has 0 aliphatic carbocycles. The zero-order valence-electron chi connectivity index (χ0n) is 21.7. The number of halogens is 1. The topological polar surface area (TPSA) is 86.3 Å². The van der Waals surface area contributed by atoms with Crippen LogP contribution in [0.4, 0.5) is 5.88 Å². The molecule has 0 unspecified atom stereocenters. The third kappa shape index (κ3) is 5.03. The Hall–Kier alpha value is -3.92. The van der Waals surface area contributed by atoms with Gasteiger partial charge >= 0.3 is 5.97 Å². The summed E-state index contributed by atoms with van der Waals surface area (Å²) in [6.45, 7) is 4.72. The Labute approximate surface area is 239 Å². The van der Waals surface area contributed by atoms with E-state index < -0.39 is 12.0 Å². The average molecular weight is 576 g/mol. The zero-order valence-corrected chi connectivity index (χ0v) is 23.3. The maximum Gasteiger partial charge on any atom is 0.338 e. The second-order valence-electron chi connectivity index (χ2n) is 9.26. The van der Waals surface area contributed by atoms with Gasteiger partial charge in [0.25, 0.3) is 5.56 Å². The fourth-order valence-corrected chi connectivity index (χ4v) is 6.01.